The lowest BCUT2D eigenvalue weighted by atomic mass is 10.1. The number of ether oxygens (including phenoxy) is 1. The summed E-state index contributed by atoms with van der Waals surface area (Å²) in [5.74, 6) is 0.914. The normalized spacial score (nSPS) is 12.1. The lowest BCUT2D eigenvalue weighted by Gasteiger charge is -2.14. The molecule has 0 unspecified atom stereocenters. The van der Waals surface area contributed by atoms with Crippen LogP contribution in [0, 0.1) is 0 Å². The molecule has 0 saturated carbocycles. The fourth-order valence-corrected chi connectivity index (χ4v) is 1.59. The molecule has 1 rings (SSSR count). The van der Waals surface area contributed by atoms with Gasteiger partial charge in [0.2, 0.25) is 0 Å². The molecule has 0 heterocycles. The number of hydrogen-bond acceptors (Lipinski definition) is 2. The molecule has 0 saturated heterocycles. The highest BCUT2D eigenvalue weighted by Gasteiger charge is 2.04. The van der Waals surface area contributed by atoms with Gasteiger partial charge < -0.3 is 10.1 Å². The van der Waals surface area contributed by atoms with Crippen LogP contribution in [0.3, 0.4) is 0 Å². The summed E-state index contributed by atoms with van der Waals surface area (Å²) in [5, 5.41) is 3.48. The molecule has 0 aromatic heterocycles. The summed E-state index contributed by atoms with van der Waals surface area (Å²) in [6.07, 6.45) is 4.16. The highest BCUT2D eigenvalue weighted by atomic mass is 16.5. The number of allylic oxidation sites excluding steroid dienone is 1. The van der Waals surface area contributed by atoms with Gasteiger partial charge in [0.1, 0.15) is 5.75 Å². The zero-order valence-corrected chi connectivity index (χ0v) is 10.2. The van der Waals surface area contributed by atoms with Crippen LogP contribution in [0.25, 0.3) is 0 Å². The van der Waals surface area contributed by atoms with Crippen molar-refractivity contribution in [3.05, 3.63) is 42.5 Å². The quantitative estimate of drug-likeness (QED) is 0.561. The van der Waals surface area contributed by atoms with Crippen LogP contribution in [0.5, 0.6) is 5.75 Å². The van der Waals surface area contributed by atoms with Gasteiger partial charge in [0.15, 0.2) is 0 Å². The van der Waals surface area contributed by atoms with Crippen molar-refractivity contribution in [2.75, 3.05) is 13.7 Å². The summed E-state index contributed by atoms with van der Waals surface area (Å²) in [6.45, 7) is 6.90. The molecule has 0 spiro atoms. The molecule has 0 bridgehead atoms. The Morgan fingerprint density at radius 2 is 2.31 bits per heavy atom. The van der Waals surface area contributed by atoms with Gasteiger partial charge in [0, 0.05) is 6.04 Å². The van der Waals surface area contributed by atoms with Crippen molar-refractivity contribution in [3.63, 3.8) is 0 Å². The third-order valence-electron chi connectivity index (χ3n) is 2.63. The number of methoxy groups -OCH3 is 1. The highest BCUT2D eigenvalue weighted by molar-refractivity contribution is 5.30. The van der Waals surface area contributed by atoms with Crippen LogP contribution in [0.15, 0.2) is 36.9 Å². The molecule has 2 nitrogen and oxygen atoms in total. The van der Waals surface area contributed by atoms with E-state index in [0.29, 0.717) is 6.04 Å². The second-order valence-electron chi connectivity index (χ2n) is 3.88. The van der Waals surface area contributed by atoms with Gasteiger partial charge in [-0.1, -0.05) is 18.2 Å². The summed E-state index contributed by atoms with van der Waals surface area (Å²) in [7, 11) is 1.70. The van der Waals surface area contributed by atoms with E-state index in [1.54, 1.807) is 7.11 Å². The summed E-state index contributed by atoms with van der Waals surface area (Å²) in [5.41, 5.74) is 1.26. The molecule has 0 aliphatic carbocycles. The van der Waals surface area contributed by atoms with E-state index < -0.39 is 0 Å². The topological polar surface area (TPSA) is 21.3 Å². The van der Waals surface area contributed by atoms with E-state index >= 15 is 0 Å². The highest BCUT2D eigenvalue weighted by Crippen LogP contribution is 2.18. The monoisotopic (exact) mass is 219 g/mol. The second kappa shape index (κ2) is 7.07. The predicted molar refractivity (Wildman–Crippen MR) is 68.8 cm³/mol. The maximum atomic E-state index is 5.21. The molecular formula is C14H21NO. The lowest BCUT2D eigenvalue weighted by molar-refractivity contribution is 0.413. The number of unbranched alkanes of at least 4 members (excludes halogenated alkanes) is 1. The van der Waals surface area contributed by atoms with Crippen molar-refractivity contribution < 1.29 is 4.74 Å². The van der Waals surface area contributed by atoms with Crippen molar-refractivity contribution in [2.24, 2.45) is 0 Å². The number of nitrogens with one attached hydrogen (secondary N) is 1. The Bertz CT molecular complexity index is 322. The molecule has 1 atom stereocenters. The maximum Gasteiger partial charge on any atom is 0.119 e. The standard InChI is InChI=1S/C14H21NO/c1-4-5-6-10-15-12(2)13-8-7-9-14(11-13)16-3/h4,7-9,11-12,15H,1,5-6,10H2,2-3H3/t12-/m0/s1. The van der Waals surface area contributed by atoms with Gasteiger partial charge in [-0.2, -0.15) is 0 Å². The Morgan fingerprint density at radius 1 is 1.50 bits per heavy atom. The first kappa shape index (κ1) is 12.8. The van der Waals surface area contributed by atoms with E-state index in [1.807, 2.05) is 18.2 Å². The average molecular weight is 219 g/mol. The van der Waals surface area contributed by atoms with E-state index in [1.165, 1.54) is 5.56 Å². The van der Waals surface area contributed by atoms with Crippen LogP contribution in [0.4, 0.5) is 0 Å². The van der Waals surface area contributed by atoms with Crippen LogP contribution >= 0.6 is 0 Å². The molecule has 0 fully saturated rings. The molecule has 2 heteroatoms. The van der Waals surface area contributed by atoms with Crippen LogP contribution < -0.4 is 10.1 Å². The van der Waals surface area contributed by atoms with Crippen molar-refractivity contribution >= 4 is 0 Å². The van der Waals surface area contributed by atoms with E-state index in [-0.39, 0.29) is 0 Å². The third-order valence-corrected chi connectivity index (χ3v) is 2.63. The summed E-state index contributed by atoms with van der Waals surface area (Å²) in [6, 6.07) is 8.54. The number of hydrogen-bond donors (Lipinski definition) is 1. The molecule has 0 aliphatic rings. The van der Waals surface area contributed by atoms with Gasteiger partial charge in [0.25, 0.3) is 0 Å². The maximum absolute atomic E-state index is 5.21. The van der Waals surface area contributed by atoms with Crippen molar-refractivity contribution in [1.29, 1.82) is 0 Å². The zero-order valence-electron chi connectivity index (χ0n) is 10.2. The van der Waals surface area contributed by atoms with Gasteiger partial charge in [-0.05, 0) is 44.0 Å². The molecular weight excluding hydrogens is 198 g/mol. The Balaban J connectivity index is 2.45. The molecule has 1 N–H and O–H groups in total. The first-order chi connectivity index (χ1) is 7.77. The molecule has 0 aliphatic heterocycles. The Hall–Kier alpha value is -1.28. The minimum atomic E-state index is 0.361. The molecule has 88 valence electrons. The van der Waals surface area contributed by atoms with E-state index in [9.17, 15) is 0 Å². The Labute approximate surface area is 98.3 Å². The predicted octanol–water partition coefficient (Wildman–Crippen LogP) is 3.31. The van der Waals surface area contributed by atoms with E-state index in [4.69, 9.17) is 4.74 Å². The summed E-state index contributed by atoms with van der Waals surface area (Å²) < 4.78 is 5.21. The van der Waals surface area contributed by atoms with Gasteiger partial charge in [0.05, 0.1) is 7.11 Å². The summed E-state index contributed by atoms with van der Waals surface area (Å²) in [4.78, 5) is 0. The van der Waals surface area contributed by atoms with Crippen molar-refractivity contribution in [1.82, 2.24) is 5.32 Å². The van der Waals surface area contributed by atoms with Crippen molar-refractivity contribution in [2.45, 2.75) is 25.8 Å². The first-order valence-electron chi connectivity index (χ1n) is 5.76. The average Bonchev–Trinajstić information content (AvgIpc) is 2.34. The van der Waals surface area contributed by atoms with E-state index in [2.05, 4.69) is 31.0 Å². The fourth-order valence-electron chi connectivity index (χ4n) is 1.59. The fraction of sp³-hybridized carbons (Fsp3) is 0.429. The van der Waals surface area contributed by atoms with Crippen LogP contribution in [-0.4, -0.2) is 13.7 Å². The van der Waals surface area contributed by atoms with Crippen molar-refractivity contribution in [3.8, 4) is 5.75 Å². The van der Waals surface area contributed by atoms with Gasteiger partial charge in [-0.25, -0.2) is 0 Å². The first-order valence-corrected chi connectivity index (χ1v) is 5.76. The minimum Gasteiger partial charge on any atom is -0.497 e. The molecule has 16 heavy (non-hydrogen) atoms. The summed E-state index contributed by atoms with van der Waals surface area (Å²) >= 11 is 0. The molecule has 0 amide bonds. The molecule has 1 aromatic carbocycles. The Kier molecular flexibility index (Phi) is 5.65. The van der Waals surface area contributed by atoms with Gasteiger partial charge in [-0.15, -0.1) is 6.58 Å². The van der Waals surface area contributed by atoms with Crippen LogP contribution in [0.1, 0.15) is 31.4 Å². The van der Waals surface area contributed by atoms with Gasteiger partial charge >= 0.3 is 0 Å². The minimum absolute atomic E-state index is 0.361. The third kappa shape index (κ3) is 4.07. The lowest BCUT2D eigenvalue weighted by Crippen LogP contribution is -2.19. The largest absolute Gasteiger partial charge is 0.497 e. The molecule has 1 aromatic rings. The SMILES string of the molecule is C=CCCCN[C@@H](C)c1cccc(OC)c1. The number of rotatable bonds is 7. The van der Waals surface area contributed by atoms with Crippen LogP contribution in [0.2, 0.25) is 0 Å². The van der Waals surface area contributed by atoms with Gasteiger partial charge in [-0.3, -0.25) is 0 Å². The second-order valence-corrected chi connectivity index (χ2v) is 3.88. The van der Waals surface area contributed by atoms with Crippen LogP contribution in [-0.2, 0) is 0 Å². The van der Waals surface area contributed by atoms with E-state index in [0.717, 1.165) is 25.1 Å². The zero-order chi connectivity index (χ0) is 11.8. The molecule has 0 radical (unpaired) electrons. The Morgan fingerprint density at radius 3 is 3.00 bits per heavy atom. The smallest absolute Gasteiger partial charge is 0.119 e. The number of benzene rings is 1.